The van der Waals surface area contributed by atoms with Crippen LogP contribution in [-0.2, 0) is 0 Å². The van der Waals surface area contributed by atoms with Gasteiger partial charge in [-0.3, -0.25) is 0 Å². The van der Waals surface area contributed by atoms with Gasteiger partial charge in [-0.2, -0.15) is 5.26 Å². The molecule has 2 rings (SSSR count). The first-order valence-corrected chi connectivity index (χ1v) is 4.23. The second-order valence-electron chi connectivity index (χ2n) is 3.16. The summed E-state index contributed by atoms with van der Waals surface area (Å²) in [6.07, 6.45) is 2.39. The van der Waals surface area contributed by atoms with Gasteiger partial charge in [-0.1, -0.05) is 0 Å². The first-order valence-electron chi connectivity index (χ1n) is 4.23. The molecular weight excluding hydrogens is 164 g/mol. The van der Waals surface area contributed by atoms with Gasteiger partial charge in [0, 0.05) is 11.6 Å². The topological polar surface area (TPSA) is 74.7 Å². The van der Waals surface area contributed by atoms with Crippen LogP contribution in [0.15, 0.2) is 12.1 Å². The number of anilines is 1. The van der Waals surface area contributed by atoms with Crippen LogP contribution < -0.4 is 11.3 Å². The molecule has 0 aliphatic heterocycles. The van der Waals surface area contributed by atoms with Gasteiger partial charge in [0.25, 0.3) is 0 Å². The third-order valence-electron chi connectivity index (χ3n) is 2.17. The molecular formula is C9H10N4. The van der Waals surface area contributed by atoms with Crippen LogP contribution in [0, 0.1) is 11.3 Å². The van der Waals surface area contributed by atoms with Crippen LogP contribution in [-0.4, -0.2) is 4.98 Å². The summed E-state index contributed by atoms with van der Waals surface area (Å²) < 4.78 is 0. The van der Waals surface area contributed by atoms with E-state index in [1.54, 1.807) is 6.07 Å². The van der Waals surface area contributed by atoms with E-state index in [4.69, 9.17) is 11.1 Å². The maximum Gasteiger partial charge on any atom is 0.158 e. The lowest BCUT2D eigenvalue weighted by atomic mass is 10.2. The van der Waals surface area contributed by atoms with Crippen molar-refractivity contribution in [2.24, 2.45) is 5.84 Å². The van der Waals surface area contributed by atoms with E-state index < -0.39 is 0 Å². The average molecular weight is 174 g/mol. The number of nitrogens with one attached hydrogen (secondary N) is 1. The average Bonchev–Trinajstić information content (AvgIpc) is 3.00. The molecule has 66 valence electrons. The Hall–Kier alpha value is -1.60. The van der Waals surface area contributed by atoms with E-state index in [-0.39, 0.29) is 0 Å². The number of pyridine rings is 1. The van der Waals surface area contributed by atoms with Crippen molar-refractivity contribution in [2.45, 2.75) is 18.8 Å². The number of hydrogen-bond donors (Lipinski definition) is 2. The lowest BCUT2D eigenvalue weighted by Crippen LogP contribution is -2.11. The van der Waals surface area contributed by atoms with Gasteiger partial charge in [0.1, 0.15) is 6.07 Å². The first kappa shape index (κ1) is 8.02. The second kappa shape index (κ2) is 3.04. The number of aromatic nitrogens is 1. The van der Waals surface area contributed by atoms with Crippen molar-refractivity contribution in [1.82, 2.24) is 4.98 Å². The molecule has 1 heterocycles. The van der Waals surface area contributed by atoms with Gasteiger partial charge in [0.05, 0.1) is 5.56 Å². The number of hydrogen-bond acceptors (Lipinski definition) is 4. The van der Waals surface area contributed by atoms with Gasteiger partial charge in [-0.25, -0.2) is 10.8 Å². The van der Waals surface area contributed by atoms with Crippen molar-refractivity contribution < 1.29 is 0 Å². The first-order chi connectivity index (χ1) is 6.35. The second-order valence-corrected chi connectivity index (χ2v) is 3.16. The molecule has 0 bridgehead atoms. The zero-order valence-corrected chi connectivity index (χ0v) is 7.12. The van der Waals surface area contributed by atoms with Crippen LogP contribution in [0.1, 0.15) is 30.0 Å². The molecule has 1 aliphatic carbocycles. The SMILES string of the molecule is N#Cc1ccc(C2CC2)nc1NN. The van der Waals surface area contributed by atoms with E-state index in [1.165, 1.54) is 12.8 Å². The fourth-order valence-electron chi connectivity index (χ4n) is 1.28. The van der Waals surface area contributed by atoms with Crippen molar-refractivity contribution in [2.75, 3.05) is 5.43 Å². The molecule has 1 aromatic rings. The fourth-order valence-corrected chi connectivity index (χ4v) is 1.28. The predicted molar refractivity (Wildman–Crippen MR) is 48.7 cm³/mol. The van der Waals surface area contributed by atoms with Gasteiger partial charge < -0.3 is 5.43 Å². The Morgan fingerprint density at radius 3 is 2.85 bits per heavy atom. The molecule has 0 spiro atoms. The minimum absolute atomic E-state index is 0.479. The summed E-state index contributed by atoms with van der Waals surface area (Å²) in [5.41, 5.74) is 3.96. The highest BCUT2D eigenvalue weighted by Gasteiger charge is 2.25. The third-order valence-corrected chi connectivity index (χ3v) is 2.17. The minimum atomic E-state index is 0.479. The molecule has 1 aliphatic rings. The molecule has 4 heteroatoms. The number of nitrogen functional groups attached to an aromatic ring is 1. The Balaban J connectivity index is 2.38. The Morgan fingerprint density at radius 2 is 2.31 bits per heavy atom. The Morgan fingerprint density at radius 1 is 1.54 bits per heavy atom. The van der Waals surface area contributed by atoms with Gasteiger partial charge >= 0.3 is 0 Å². The summed E-state index contributed by atoms with van der Waals surface area (Å²) >= 11 is 0. The van der Waals surface area contributed by atoms with Crippen molar-refractivity contribution in [3.05, 3.63) is 23.4 Å². The van der Waals surface area contributed by atoms with Crippen LogP contribution in [0.2, 0.25) is 0 Å². The Bertz CT molecular complexity index is 362. The van der Waals surface area contributed by atoms with Crippen molar-refractivity contribution in [1.29, 1.82) is 5.26 Å². The van der Waals surface area contributed by atoms with E-state index in [1.807, 2.05) is 12.1 Å². The number of nitrogens with two attached hydrogens (primary N) is 1. The maximum absolute atomic E-state index is 8.71. The van der Waals surface area contributed by atoms with E-state index in [0.717, 1.165) is 5.69 Å². The molecule has 1 fully saturated rings. The molecule has 0 unspecified atom stereocenters. The third kappa shape index (κ3) is 1.46. The lowest BCUT2D eigenvalue weighted by molar-refractivity contribution is 1.01. The summed E-state index contributed by atoms with van der Waals surface area (Å²) in [4.78, 5) is 4.27. The molecule has 1 aromatic heterocycles. The number of nitrogens with zero attached hydrogens (tertiary/aromatic N) is 2. The summed E-state index contributed by atoms with van der Waals surface area (Å²) in [5.74, 6) is 6.31. The molecule has 0 saturated heterocycles. The zero-order valence-electron chi connectivity index (χ0n) is 7.12. The normalized spacial score (nSPS) is 15.1. The Kier molecular flexibility index (Phi) is 1.87. The quantitative estimate of drug-likeness (QED) is 0.520. The molecule has 13 heavy (non-hydrogen) atoms. The van der Waals surface area contributed by atoms with Gasteiger partial charge in [0.2, 0.25) is 0 Å². The molecule has 3 N–H and O–H groups in total. The van der Waals surface area contributed by atoms with Gasteiger partial charge in [-0.05, 0) is 25.0 Å². The minimum Gasteiger partial charge on any atom is -0.307 e. The predicted octanol–water partition coefficient (Wildman–Crippen LogP) is 1.12. The summed E-state index contributed by atoms with van der Waals surface area (Å²) in [6, 6.07) is 5.69. The highest BCUT2D eigenvalue weighted by molar-refractivity contribution is 5.51. The fraction of sp³-hybridized carbons (Fsp3) is 0.333. The largest absolute Gasteiger partial charge is 0.307 e. The van der Waals surface area contributed by atoms with Crippen LogP contribution >= 0.6 is 0 Å². The molecule has 0 radical (unpaired) electrons. The Labute approximate surface area is 76.4 Å². The van der Waals surface area contributed by atoms with E-state index in [9.17, 15) is 0 Å². The zero-order chi connectivity index (χ0) is 9.26. The van der Waals surface area contributed by atoms with E-state index in [2.05, 4.69) is 10.4 Å². The number of nitriles is 1. The van der Waals surface area contributed by atoms with E-state index >= 15 is 0 Å². The van der Waals surface area contributed by atoms with Crippen LogP contribution in [0.4, 0.5) is 5.82 Å². The van der Waals surface area contributed by atoms with Gasteiger partial charge in [-0.15, -0.1) is 0 Å². The molecule has 0 aromatic carbocycles. The summed E-state index contributed by atoms with van der Waals surface area (Å²) in [7, 11) is 0. The summed E-state index contributed by atoms with van der Waals surface area (Å²) in [5, 5.41) is 8.71. The van der Waals surface area contributed by atoms with Crippen molar-refractivity contribution in [3.63, 3.8) is 0 Å². The molecule has 1 saturated carbocycles. The monoisotopic (exact) mass is 174 g/mol. The van der Waals surface area contributed by atoms with Crippen LogP contribution in [0.3, 0.4) is 0 Å². The van der Waals surface area contributed by atoms with Crippen LogP contribution in [0.5, 0.6) is 0 Å². The summed E-state index contributed by atoms with van der Waals surface area (Å²) in [6.45, 7) is 0. The van der Waals surface area contributed by atoms with Crippen molar-refractivity contribution >= 4 is 5.82 Å². The maximum atomic E-state index is 8.71. The smallest absolute Gasteiger partial charge is 0.158 e. The number of hydrazine groups is 1. The van der Waals surface area contributed by atoms with Gasteiger partial charge in [0.15, 0.2) is 5.82 Å². The van der Waals surface area contributed by atoms with E-state index in [0.29, 0.717) is 17.3 Å². The molecule has 0 amide bonds. The highest BCUT2D eigenvalue weighted by atomic mass is 15.2. The highest BCUT2D eigenvalue weighted by Crippen LogP contribution is 2.39. The molecule has 0 atom stereocenters. The van der Waals surface area contributed by atoms with Crippen LogP contribution in [0.25, 0.3) is 0 Å². The van der Waals surface area contributed by atoms with Crippen molar-refractivity contribution in [3.8, 4) is 6.07 Å². The number of rotatable bonds is 2. The lowest BCUT2D eigenvalue weighted by Gasteiger charge is -2.03. The molecule has 4 nitrogen and oxygen atoms in total. The standard InChI is InChI=1S/C9H10N4/c10-5-7-3-4-8(6-1-2-6)12-9(7)13-11/h3-4,6H,1-2,11H2,(H,12,13).